The number of hydrogen-bond acceptors (Lipinski definition) is 3. The third-order valence-electron chi connectivity index (χ3n) is 4.02. The van der Waals surface area contributed by atoms with Crippen molar-refractivity contribution in [2.45, 2.75) is 6.54 Å². The number of thiazole rings is 1. The third kappa shape index (κ3) is 3.54. The smallest absolute Gasteiger partial charge is 0.260 e. The molecule has 0 saturated heterocycles. The highest BCUT2D eigenvalue weighted by Crippen LogP contribution is 2.32. The van der Waals surface area contributed by atoms with E-state index in [9.17, 15) is 4.79 Å². The average molecular weight is 423 g/mol. The highest BCUT2D eigenvalue weighted by molar-refractivity contribution is 9.10. The van der Waals surface area contributed by atoms with Crippen LogP contribution in [0.5, 0.6) is 0 Å². The maximum absolute atomic E-state index is 13.2. The van der Waals surface area contributed by atoms with Crippen molar-refractivity contribution in [1.29, 1.82) is 0 Å². The van der Waals surface area contributed by atoms with Gasteiger partial charge in [-0.25, -0.2) is 4.98 Å². The Balaban J connectivity index is 1.77. The van der Waals surface area contributed by atoms with Crippen molar-refractivity contribution in [3.63, 3.8) is 0 Å². The number of halogens is 1. The molecule has 0 aliphatic heterocycles. The molecule has 4 aromatic rings. The zero-order valence-corrected chi connectivity index (χ0v) is 16.2. The van der Waals surface area contributed by atoms with Gasteiger partial charge < -0.3 is 0 Å². The van der Waals surface area contributed by atoms with Crippen LogP contribution < -0.4 is 4.90 Å². The lowest BCUT2D eigenvalue weighted by molar-refractivity contribution is 0.0985. The molecule has 0 bridgehead atoms. The van der Waals surface area contributed by atoms with E-state index < -0.39 is 0 Å². The van der Waals surface area contributed by atoms with Crippen LogP contribution in [0.1, 0.15) is 15.9 Å². The van der Waals surface area contributed by atoms with E-state index >= 15 is 0 Å². The second-order valence-electron chi connectivity index (χ2n) is 5.85. The molecule has 0 spiro atoms. The molecule has 1 amide bonds. The van der Waals surface area contributed by atoms with Crippen LogP contribution in [0.2, 0.25) is 0 Å². The number of amides is 1. The van der Waals surface area contributed by atoms with Crippen LogP contribution in [0, 0.1) is 0 Å². The van der Waals surface area contributed by atoms with E-state index in [1.54, 1.807) is 4.90 Å². The molecule has 0 aliphatic rings. The predicted octanol–water partition coefficient (Wildman–Crippen LogP) is 5.91. The van der Waals surface area contributed by atoms with Gasteiger partial charge in [0.05, 0.1) is 16.8 Å². The molecule has 0 radical (unpaired) electrons. The Morgan fingerprint density at radius 1 is 0.962 bits per heavy atom. The van der Waals surface area contributed by atoms with E-state index in [4.69, 9.17) is 4.98 Å². The van der Waals surface area contributed by atoms with Gasteiger partial charge in [0.25, 0.3) is 5.91 Å². The number of nitrogens with zero attached hydrogens (tertiary/aromatic N) is 2. The Hall–Kier alpha value is -2.50. The van der Waals surface area contributed by atoms with Crippen molar-refractivity contribution in [1.82, 2.24) is 4.98 Å². The Labute approximate surface area is 164 Å². The molecule has 0 N–H and O–H groups in total. The summed E-state index contributed by atoms with van der Waals surface area (Å²) in [5.74, 6) is -0.0485. The van der Waals surface area contributed by atoms with Gasteiger partial charge in [-0.2, -0.15) is 0 Å². The summed E-state index contributed by atoms with van der Waals surface area (Å²) in [6.07, 6.45) is 0. The molecule has 0 atom stereocenters. The topological polar surface area (TPSA) is 33.2 Å². The van der Waals surface area contributed by atoms with E-state index in [2.05, 4.69) is 15.9 Å². The summed E-state index contributed by atoms with van der Waals surface area (Å²) in [6, 6.07) is 25.3. The molecule has 1 heterocycles. The first-order valence-corrected chi connectivity index (χ1v) is 9.78. The van der Waals surface area contributed by atoms with E-state index in [0.29, 0.717) is 17.2 Å². The molecule has 5 heteroatoms. The minimum atomic E-state index is -0.0485. The number of rotatable bonds is 4. The molecule has 0 fully saturated rings. The summed E-state index contributed by atoms with van der Waals surface area (Å²) in [6.45, 7) is 0.482. The van der Waals surface area contributed by atoms with Gasteiger partial charge in [0.2, 0.25) is 0 Å². The maximum Gasteiger partial charge on any atom is 0.260 e. The zero-order chi connectivity index (χ0) is 17.9. The third-order valence-corrected chi connectivity index (χ3v) is 5.55. The summed E-state index contributed by atoms with van der Waals surface area (Å²) in [4.78, 5) is 19.6. The van der Waals surface area contributed by atoms with Crippen molar-refractivity contribution >= 4 is 48.5 Å². The Morgan fingerprint density at radius 2 is 1.65 bits per heavy atom. The van der Waals surface area contributed by atoms with Crippen molar-refractivity contribution in [3.8, 4) is 0 Å². The van der Waals surface area contributed by atoms with E-state index in [1.165, 1.54) is 11.3 Å². The number of aromatic nitrogens is 1. The summed E-state index contributed by atoms with van der Waals surface area (Å²) in [5.41, 5.74) is 2.62. The number of hydrogen-bond donors (Lipinski definition) is 0. The normalized spacial score (nSPS) is 10.8. The molecule has 3 nitrogen and oxygen atoms in total. The number of fused-ring (bicyclic) bond motifs is 1. The molecule has 128 valence electrons. The SMILES string of the molecule is O=C(c1ccccc1)N(Cc1ccccc1)c1nc2ccc(Br)cc2s1. The maximum atomic E-state index is 13.2. The molecule has 0 aliphatic carbocycles. The van der Waals surface area contributed by atoms with Gasteiger partial charge in [0.1, 0.15) is 0 Å². The minimum absolute atomic E-state index is 0.0485. The van der Waals surface area contributed by atoms with Gasteiger partial charge >= 0.3 is 0 Å². The number of benzene rings is 3. The van der Waals surface area contributed by atoms with Crippen LogP contribution in [0.25, 0.3) is 10.2 Å². The standard InChI is InChI=1S/C21H15BrN2OS/c22-17-11-12-18-19(13-17)26-21(23-18)24(14-15-7-3-1-4-8-15)20(25)16-9-5-2-6-10-16/h1-13H,14H2. The van der Waals surface area contributed by atoms with Gasteiger partial charge in [-0.05, 0) is 35.9 Å². The van der Waals surface area contributed by atoms with Crippen LogP contribution in [0.15, 0.2) is 83.3 Å². The fourth-order valence-electron chi connectivity index (χ4n) is 2.73. The lowest BCUT2D eigenvalue weighted by atomic mass is 10.1. The predicted molar refractivity (Wildman–Crippen MR) is 111 cm³/mol. The van der Waals surface area contributed by atoms with Crippen LogP contribution in [-0.4, -0.2) is 10.9 Å². The minimum Gasteiger partial charge on any atom is -0.279 e. The molecule has 4 rings (SSSR count). The summed E-state index contributed by atoms with van der Waals surface area (Å²) in [5, 5.41) is 0.704. The second kappa shape index (κ2) is 7.40. The zero-order valence-electron chi connectivity index (χ0n) is 13.8. The van der Waals surface area contributed by atoms with Crippen molar-refractivity contribution in [3.05, 3.63) is 94.5 Å². The monoisotopic (exact) mass is 422 g/mol. The first kappa shape index (κ1) is 16.9. The Kier molecular flexibility index (Phi) is 4.82. The average Bonchev–Trinajstić information content (AvgIpc) is 3.10. The van der Waals surface area contributed by atoms with E-state index in [1.807, 2.05) is 78.9 Å². The lowest BCUT2D eigenvalue weighted by Crippen LogP contribution is -2.30. The van der Waals surface area contributed by atoms with E-state index in [-0.39, 0.29) is 5.91 Å². The number of carbonyl (C=O) groups is 1. The largest absolute Gasteiger partial charge is 0.279 e. The first-order valence-electron chi connectivity index (χ1n) is 8.17. The Morgan fingerprint density at radius 3 is 2.38 bits per heavy atom. The van der Waals surface area contributed by atoms with E-state index in [0.717, 1.165) is 20.3 Å². The molecule has 0 unspecified atom stereocenters. The van der Waals surface area contributed by atoms with Gasteiger partial charge in [-0.15, -0.1) is 0 Å². The number of anilines is 1. The molecular formula is C21H15BrN2OS. The molecular weight excluding hydrogens is 408 g/mol. The highest BCUT2D eigenvalue weighted by Gasteiger charge is 2.21. The first-order chi connectivity index (χ1) is 12.7. The van der Waals surface area contributed by atoms with Crippen LogP contribution >= 0.6 is 27.3 Å². The molecule has 3 aromatic carbocycles. The fraction of sp³-hybridized carbons (Fsp3) is 0.0476. The van der Waals surface area contributed by atoms with Crippen molar-refractivity contribution < 1.29 is 4.79 Å². The Bertz CT molecular complexity index is 1050. The molecule has 26 heavy (non-hydrogen) atoms. The van der Waals surface area contributed by atoms with Crippen LogP contribution in [-0.2, 0) is 6.54 Å². The molecule has 1 aromatic heterocycles. The highest BCUT2D eigenvalue weighted by atomic mass is 79.9. The molecule has 0 saturated carbocycles. The van der Waals surface area contributed by atoms with Crippen LogP contribution in [0.3, 0.4) is 0 Å². The summed E-state index contributed by atoms with van der Waals surface area (Å²) in [7, 11) is 0. The van der Waals surface area contributed by atoms with Gasteiger partial charge in [-0.1, -0.05) is 75.8 Å². The summed E-state index contributed by atoms with van der Waals surface area (Å²) >= 11 is 5.02. The van der Waals surface area contributed by atoms with Crippen molar-refractivity contribution in [2.24, 2.45) is 0 Å². The van der Waals surface area contributed by atoms with Gasteiger partial charge in [0, 0.05) is 10.0 Å². The quantitative estimate of drug-likeness (QED) is 0.409. The van der Waals surface area contributed by atoms with Gasteiger partial charge in [-0.3, -0.25) is 9.69 Å². The summed E-state index contributed by atoms with van der Waals surface area (Å²) < 4.78 is 2.05. The number of carbonyl (C=O) groups excluding carboxylic acids is 1. The fourth-order valence-corrected chi connectivity index (χ4v) is 4.25. The van der Waals surface area contributed by atoms with Gasteiger partial charge in [0.15, 0.2) is 5.13 Å². The lowest BCUT2D eigenvalue weighted by Gasteiger charge is -2.20. The second-order valence-corrected chi connectivity index (χ2v) is 7.78. The van der Waals surface area contributed by atoms with Crippen molar-refractivity contribution in [2.75, 3.05) is 4.90 Å². The van der Waals surface area contributed by atoms with Crippen LogP contribution in [0.4, 0.5) is 5.13 Å².